The fourth-order valence-corrected chi connectivity index (χ4v) is 1.93. The van der Waals surface area contributed by atoms with E-state index in [1.807, 2.05) is 0 Å². The summed E-state index contributed by atoms with van der Waals surface area (Å²) in [5.41, 5.74) is 6.19. The number of primary amides is 1. The summed E-state index contributed by atoms with van der Waals surface area (Å²) in [5, 5.41) is 2.66. The van der Waals surface area contributed by atoms with E-state index in [0.29, 0.717) is 16.7 Å². The van der Waals surface area contributed by atoms with E-state index in [-0.39, 0.29) is 0 Å². The average molecular weight is 304 g/mol. The van der Waals surface area contributed by atoms with Crippen LogP contribution in [0, 0.1) is 11.6 Å². The van der Waals surface area contributed by atoms with E-state index in [4.69, 9.17) is 5.73 Å². The summed E-state index contributed by atoms with van der Waals surface area (Å²) < 4.78 is 26.1. The number of benzene rings is 2. The Balaban J connectivity index is 2.10. The van der Waals surface area contributed by atoms with Gasteiger partial charge in [-0.05, 0) is 48.9 Å². The monoisotopic (exact) mass is 304 g/mol. The van der Waals surface area contributed by atoms with Crippen LogP contribution < -0.4 is 11.1 Å². The third-order valence-corrected chi connectivity index (χ3v) is 3.22. The van der Waals surface area contributed by atoms with Gasteiger partial charge in [0, 0.05) is 11.1 Å². The highest BCUT2D eigenvalue weighted by Gasteiger charge is 2.13. The van der Waals surface area contributed by atoms with E-state index < -0.39 is 29.5 Å². The smallest absolute Gasteiger partial charge is 0.251 e. The molecule has 0 heterocycles. The van der Waals surface area contributed by atoms with Gasteiger partial charge in [0.15, 0.2) is 11.6 Å². The van der Waals surface area contributed by atoms with Gasteiger partial charge in [0.2, 0.25) is 5.91 Å². The third-order valence-electron chi connectivity index (χ3n) is 3.22. The van der Waals surface area contributed by atoms with E-state index in [9.17, 15) is 18.4 Å². The zero-order valence-electron chi connectivity index (χ0n) is 11.8. The van der Waals surface area contributed by atoms with Gasteiger partial charge in [0.05, 0.1) is 6.04 Å². The number of halogens is 2. The SMILES string of the molecule is CC(NC(=O)c1ccc(C(N)=O)cc1)c1ccc(F)c(F)c1. The summed E-state index contributed by atoms with van der Waals surface area (Å²) in [6, 6.07) is 8.77. The number of amides is 2. The first-order valence-corrected chi connectivity index (χ1v) is 6.54. The summed E-state index contributed by atoms with van der Waals surface area (Å²) in [5.74, 6) is -2.89. The molecule has 0 aliphatic carbocycles. The number of carbonyl (C=O) groups excluding carboxylic acids is 2. The lowest BCUT2D eigenvalue weighted by atomic mass is 10.1. The first kappa shape index (κ1) is 15.6. The molecule has 2 amide bonds. The molecule has 3 N–H and O–H groups in total. The lowest BCUT2D eigenvalue weighted by Crippen LogP contribution is -2.26. The standard InChI is InChI=1S/C16H14F2N2O2/c1-9(12-6-7-13(17)14(18)8-12)20-16(22)11-4-2-10(3-5-11)15(19)21/h2-9H,1H3,(H2,19,21)(H,20,22). The van der Waals surface area contributed by atoms with Crippen LogP contribution in [0.5, 0.6) is 0 Å². The highest BCUT2D eigenvalue weighted by Crippen LogP contribution is 2.16. The van der Waals surface area contributed by atoms with Crippen LogP contribution in [0.3, 0.4) is 0 Å². The first-order valence-electron chi connectivity index (χ1n) is 6.54. The molecule has 22 heavy (non-hydrogen) atoms. The molecule has 6 heteroatoms. The molecule has 0 saturated carbocycles. The Morgan fingerprint density at radius 1 is 1.00 bits per heavy atom. The van der Waals surface area contributed by atoms with Crippen molar-refractivity contribution in [2.45, 2.75) is 13.0 Å². The first-order chi connectivity index (χ1) is 10.4. The number of nitrogens with one attached hydrogen (secondary N) is 1. The van der Waals surface area contributed by atoms with Gasteiger partial charge < -0.3 is 11.1 Å². The van der Waals surface area contributed by atoms with Crippen LogP contribution >= 0.6 is 0 Å². The van der Waals surface area contributed by atoms with E-state index >= 15 is 0 Å². The zero-order valence-corrected chi connectivity index (χ0v) is 11.8. The van der Waals surface area contributed by atoms with E-state index in [1.54, 1.807) is 6.92 Å². The Morgan fingerprint density at radius 2 is 1.59 bits per heavy atom. The van der Waals surface area contributed by atoms with Gasteiger partial charge in [-0.1, -0.05) is 6.07 Å². The fraction of sp³-hybridized carbons (Fsp3) is 0.125. The number of rotatable bonds is 4. The largest absolute Gasteiger partial charge is 0.366 e. The van der Waals surface area contributed by atoms with Gasteiger partial charge in [-0.15, -0.1) is 0 Å². The van der Waals surface area contributed by atoms with Gasteiger partial charge >= 0.3 is 0 Å². The summed E-state index contributed by atoms with van der Waals surface area (Å²) in [7, 11) is 0. The Kier molecular flexibility index (Phi) is 4.50. The molecule has 114 valence electrons. The molecule has 1 atom stereocenters. The second-order valence-corrected chi connectivity index (χ2v) is 4.81. The average Bonchev–Trinajstić information content (AvgIpc) is 2.50. The van der Waals surface area contributed by atoms with Crippen LogP contribution in [0.1, 0.15) is 39.2 Å². The van der Waals surface area contributed by atoms with Crippen LogP contribution in [-0.4, -0.2) is 11.8 Å². The zero-order chi connectivity index (χ0) is 16.3. The van der Waals surface area contributed by atoms with Crippen molar-refractivity contribution in [1.29, 1.82) is 0 Å². The van der Waals surface area contributed by atoms with Crippen molar-refractivity contribution in [1.82, 2.24) is 5.32 Å². The minimum Gasteiger partial charge on any atom is -0.366 e. The molecule has 0 bridgehead atoms. The van der Waals surface area contributed by atoms with E-state index in [0.717, 1.165) is 12.1 Å². The van der Waals surface area contributed by atoms with Gasteiger partial charge in [-0.25, -0.2) is 8.78 Å². The molecule has 0 aromatic heterocycles. The number of carbonyl (C=O) groups is 2. The predicted octanol–water partition coefficient (Wildman–Crippen LogP) is 2.55. The quantitative estimate of drug-likeness (QED) is 0.911. The third kappa shape index (κ3) is 3.46. The van der Waals surface area contributed by atoms with Crippen molar-refractivity contribution >= 4 is 11.8 Å². The number of nitrogens with two attached hydrogens (primary N) is 1. The maximum Gasteiger partial charge on any atom is 0.251 e. The molecule has 2 aromatic rings. The minimum atomic E-state index is -0.968. The molecule has 2 rings (SSSR count). The summed E-state index contributed by atoms with van der Waals surface area (Å²) in [6.45, 7) is 1.66. The van der Waals surface area contributed by atoms with Gasteiger partial charge in [-0.2, -0.15) is 0 Å². The van der Waals surface area contributed by atoms with Crippen molar-refractivity contribution in [3.8, 4) is 0 Å². The molecule has 4 nitrogen and oxygen atoms in total. The molecule has 0 fully saturated rings. The highest BCUT2D eigenvalue weighted by atomic mass is 19.2. The Labute approximate surface area is 125 Å². The summed E-state index contributed by atoms with van der Waals surface area (Å²) >= 11 is 0. The Morgan fingerprint density at radius 3 is 2.14 bits per heavy atom. The molecule has 0 aliphatic rings. The van der Waals surface area contributed by atoms with Crippen molar-refractivity contribution in [2.75, 3.05) is 0 Å². The number of hydrogen-bond acceptors (Lipinski definition) is 2. The number of hydrogen-bond donors (Lipinski definition) is 2. The van der Waals surface area contributed by atoms with Crippen LogP contribution in [0.2, 0.25) is 0 Å². The van der Waals surface area contributed by atoms with Gasteiger partial charge in [0.1, 0.15) is 0 Å². The van der Waals surface area contributed by atoms with E-state index in [1.165, 1.54) is 30.3 Å². The maximum absolute atomic E-state index is 13.2. The molecule has 0 spiro atoms. The van der Waals surface area contributed by atoms with Crippen LogP contribution in [0.4, 0.5) is 8.78 Å². The Bertz CT molecular complexity index is 715. The second-order valence-electron chi connectivity index (χ2n) is 4.81. The van der Waals surface area contributed by atoms with Crippen LogP contribution in [0.15, 0.2) is 42.5 Å². The van der Waals surface area contributed by atoms with Gasteiger partial charge in [-0.3, -0.25) is 9.59 Å². The molecule has 0 aliphatic heterocycles. The van der Waals surface area contributed by atoms with Crippen LogP contribution in [-0.2, 0) is 0 Å². The molecule has 2 aromatic carbocycles. The predicted molar refractivity (Wildman–Crippen MR) is 77.2 cm³/mol. The summed E-state index contributed by atoms with van der Waals surface area (Å²) in [4.78, 5) is 23.0. The van der Waals surface area contributed by atoms with Crippen molar-refractivity contribution in [2.24, 2.45) is 5.73 Å². The second kappa shape index (κ2) is 6.34. The normalized spacial score (nSPS) is 11.8. The van der Waals surface area contributed by atoms with Crippen molar-refractivity contribution in [3.63, 3.8) is 0 Å². The van der Waals surface area contributed by atoms with Gasteiger partial charge in [0.25, 0.3) is 5.91 Å². The molecular formula is C16H14F2N2O2. The molecule has 0 radical (unpaired) electrons. The van der Waals surface area contributed by atoms with E-state index in [2.05, 4.69) is 5.32 Å². The minimum absolute atomic E-state index is 0.296. The van der Waals surface area contributed by atoms with Crippen molar-refractivity contribution < 1.29 is 18.4 Å². The lowest BCUT2D eigenvalue weighted by molar-refractivity contribution is 0.0937. The Hall–Kier alpha value is -2.76. The van der Waals surface area contributed by atoms with Crippen LogP contribution in [0.25, 0.3) is 0 Å². The molecular weight excluding hydrogens is 290 g/mol. The fourth-order valence-electron chi connectivity index (χ4n) is 1.93. The topological polar surface area (TPSA) is 72.2 Å². The van der Waals surface area contributed by atoms with Crippen molar-refractivity contribution in [3.05, 3.63) is 70.8 Å². The highest BCUT2D eigenvalue weighted by molar-refractivity contribution is 5.97. The maximum atomic E-state index is 13.2. The summed E-state index contributed by atoms with van der Waals surface area (Å²) in [6.07, 6.45) is 0. The molecule has 0 saturated heterocycles. The molecule has 1 unspecified atom stereocenters. The lowest BCUT2D eigenvalue weighted by Gasteiger charge is -2.14.